The summed E-state index contributed by atoms with van der Waals surface area (Å²) < 4.78 is 37.6. The Morgan fingerprint density at radius 3 is 2.35 bits per heavy atom. The van der Waals surface area contributed by atoms with E-state index in [1.54, 1.807) is 4.90 Å². The normalized spacial score (nSPS) is 20.6. The minimum atomic E-state index is -4.60. The Morgan fingerprint density at radius 2 is 1.94 bits per heavy atom. The fraction of sp³-hybridized carbons (Fsp3) is 0.750. The quantitative estimate of drug-likeness (QED) is 0.667. The number of aromatic nitrogens is 3. The van der Waals surface area contributed by atoms with Gasteiger partial charge in [0.15, 0.2) is 5.60 Å². The number of aliphatic hydroxyl groups is 1. The standard InChI is InChI=1S/C8H12F3N5O/c9-8(10,11)7(17)1-3-16(4-2-7)6-13-5(12)14-15-6/h17H,1-4H2,(H3,12,13,14,15). The number of aromatic amines is 1. The van der Waals surface area contributed by atoms with Gasteiger partial charge in [0.1, 0.15) is 0 Å². The zero-order valence-electron chi connectivity index (χ0n) is 8.83. The number of hydrogen-bond acceptors (Lipinski definition) is 5. The molecule has 0 bridgehead atoms. The van der Waals surface area contributed by atoms with E-state index in [2.05, 4.69) is 15.2 Å². The lowest BCUT2D eigenvalue weighted by atomic mass is 9.91. The highest BCUT2D eigenvalue weighted by atomic mass is 19.4. The number of nitrogens with one attached hydrogen (secondary N) is 1. The third kappa shape index (κ3) is 2.14. The van der Waals surface area contributed by atoms with Crippen LogP contribution in [0.3, 0.4) is 0 Å². The van der Waals surface area contributed by atoms with Crippen molar-refractivity contribution in [2.45, 2.75) is 24.6 Å². The number of piperidine rings is 1. The van der Waals surface area contributed by atoms with Crippen LogP contribution in [0.5, 0.6) is 0 Å². The van der Waals surface area contributed by atoms with Gasteiger partial charge in [-0.3, -0.25) is 0 Å². The molecule has 1 aliphatic heterocycles. The fourth-order valence-electron chi connectivity index (χ4n) is 1.77. The maximum atomic E-state index is 12.5. The Morgan fingerprint density at radius 1 is 1.35 bits per heavy atom. The lowest BCUT2D eigenvalue weighted by Gasteiger charge is -2.38. The number of alkyl halides is 3. The lowest BCUT2D eigenvalue weighted by molar-refractivity contribution is -0.266. The van der Waals surface area contributed by atoms with Crippen molar-refractivity contribution in [2.75, 3.05) is 23.7 Å². The van der Waals surface area contributed by atoms with Gasteiger partial charge in [-0.1, -0.05) is 0 Å². The molecule has 96 valence electrons. The number of nitrogens with zero attached hydrogens (tertiary/aromatic N) is 3. The molecule has 1 aromatic rings. The van der Waals surface area contributed by atoms with Crippen molar-refractivity contribution in [3.05, 3.63) is 0 Å². The third-order valence-electron chi connectivity index (χ3n) is 2.89. The molecule has 0 unspecified atom stereocenters. The first kappa shape index (κ1) is 12.0. The molecule has 17 heavy (non-hydrogen) atoms. The van der Waals surface area contributed by atoms with Gasteiger partial charge in [-0.2, -0.15) is 18.2 Å². The molecule has 0 saturated carbocycles. The van der Waals surface area contributed by atoms with Crippen LogP contribution in [0.15, 0.2) is 0 Å². The van der Waals surface area contributed by atoms with Crippen LogP contribution in [-0.4, -0.2) is 45.2 Å². The van der Waals surface area contributed by atoms with Crippen LogP contribution in [-0.2, 0) is 0 Å². The Kier molecular flexibility index (Phi) is 2.64. The molecule has 0 radical (unpaired) electrons. The number of H-pyrrole nitrogens is 1. The van der Waals surface area contributed by atoms with Crippen LogP contribution < -0.4 is 10.6 Å². The number of nitrogen functional groups attached to an aromatic ring is 1. The SMILES string of the molecule is Nc1nc(N2CCC(O)(C(F)(F)F)CC2)n[nH]1. The van der Waals surface area contributed by atoms with Gasteiger partial charge >= 0.3 is 6.18 Å². The van der Waals surface area contributed by atoms with E-state index in [1.807, 2.05) is 0 Å². The number of nitrogens with two attached hydrogens (primary N) is 1. The number of anilines is 2. The van der Waals surface area contributed by atoms with E-state index in [4.69, 9.17) is 5.73 Å². The molecule has 6 nitrogen and oxygen atoms in total. The monoisotopic (exact) mass is 251 g/mol. The van der Waals surface area contributed by atoms with Gasteiger partial charge in [0.2, 0.25) is 11.9 Å². The number of rotatable bonds is 1. The second-order valence-electron chi connectivity index (χ2n) is 4.04. The summed E-state index contributed by atoms with van der Waals surface area (Å²) in [5, 5.41) is 15.6. The van der Waals surface area contributed by atoms with E-state index in [-0.39, 0.29) is 25.0 Å². The summed E-state index contributed by atoms with van der Waals surface area (Å²) in [5.41, 5.74) is 2.72. The molecule has 0 atom stereocenters. The summed E-state index contributed by atoms with van der Waals surface area (Å²) in [6, 6.07) is 0. The largest absolute Gasteiger partial charge is 0.417 e. The van der Waals surface area contributed by atoms with Crippen LogP contribution in [0.2, 0.25) is 0 Å². The van der Waals surface area contributed by atoms with Gasteiger partial charge in [0.25, 0.3) is 0 Å². The van der Waals surface area contributed by atoms with Crippen molar-refractivity contribution in [2.24, 2.45) is 0 Å². The molecule has 1 fully saturated rings. The molecule has 0 aromatic carbocycles. The summed E-state index contributed by atoms with van der Waals surface area (Å²) in [4.78, 5) is 5.37. The third-order valence-corrected chi connectivity index (χ3v) is 2.89. The van der Waals surface area contributed by atoms with Gasteiger partial charge in [-0.05, 0) is 0 Å². The molecular weight excluding hydrogens is 239 g/mol. The average molecular weight is 251 g/mol. The first-order valence-corrected chi connectivity index (χ1v) is 5.04. The topological polar surface area (TPSA) is 91.1 Å². The molecule has 0 aliphatic carbocycles. The van der Waals surface area contributed by atoms with Gasteiger partial charge in [0.05, 0.1) is 0 Å². The molecule has 1 aliphatic rings. The second-order valence-corrected chi connectivity index (χ2v) is 4.04. The minimum absolute atomic E-state index is 0.0350. The van der Waals surface area contributed by atoms with Crippen LogP contribution in [0.25, 0.3) is 0 Å². The molecule has 9 heteroatoms. The summed E-state index contributed by atoms with van der Waals surface area (Å²) in [5.74, 6) is 0.364. The summed E-state index contributed by atoms with van der Waals surface area (Å²) in [7, 11) is 0. The van der Waals surface area contributed by atoms with Crippen molar-refractivity contribution in [3.8, 4) is 0 Å². The average Bonchev–Trinajstić information content (AvgIpc) is 2.64. The lowest BCUT2D eigenvalue weighted by Crippen LogP contribution is -2.53. The van der Waals surface area contributed by atoms with E-state index < -0.39 is 24.6 Å². The molecule has 2 heterocycles. The predicted molar refractivity (Wildman–Crippen MR) is 53.2 cm³/mol. The zero-order valence-corrected chi connectivity index (χ0v) is 8.83. The van der Waals surface area contributed by atoms with Gasteiger partial charge < -0.3 is 15.7 Å². The summed E-state index contributed by atoms with van der Waals surface area (Å²) in [6.07, 6.45) is -5.40. The van der Waals surface area contributed by atoms with Crippen molar-refractivity contribution >= 4 is 11.9 Å². The molecule has 1 saturated heterocycles. The Hall–Kier alpha value is -1.51. The fourth-order valence-corrected chi connectivity index (χ4v) is 1.77. The van der Waals surface area contributed by atoms with E-state index >= 15 is 0 Å². The number of hydrogen-bond donors (Lipinski definition) is 3. The van der Waals surface area contributed by atoms with E-state index in [9.17, 15) is 18.3 Å². The summed E-state index contributed by atoms with van der Waals surface area (Å²) in [6.45, 7) is 0.0700. The van der Waals surface area contributed by atoms with Crippen LogP contribution in [0.4, 0.5) is 25.1 Å². The Bertz CT molecular complexity index is 396. The van der Waals surface area contributed by atoms with Crippen molar-refractivity contribution in [1.82, 2.24) is 15.2 Å². The van der Waals surface area contributed by atoms with Crippen molar-refractivity contribution in [3.63, 3.8) is 0 Å². The van der Waals surface area contributed by atoms with Crippen molar-refractivity contribution in [1.29, 1.82) is 0 Å². The van der Waals surface area contributed by atoms with Crippen LogP contribution >= 0.6 is 0 Å². The first-order valence-electron chi connectivity index (χ1n) is 5.04. The van der Waals surface area contributed by atoms with E-state index in [0.717, 1.165) is 0 Å². The molecule has 4 N–H and O–H groups in total. The smallest absolute Gasteiger partial charge is 0.380 e. The van der Waals surface area contributed by atoms with E-state index in [0.29, 0.717) is 0 Å². The number of halogens is 3. The predicted octanol–water partition coefficient (Wildman–Crippen LogP) is 0.281. The molecule has 0 amide bonds. The maximum Gasteiger partial charge on any atom is 0.417 e. The zero-order chi connectivity index (χ0) is 12.7. The van der Waals surface area contributed by atoms with Gasteiger partial charge in [-0.15, -0.1) is 5.10 Å². The molecule has 0 spiro atoms. The molecule has 2 rings (SSSR count). The molecule has 1 aromatic heterocycles. The van der Waals surface area contributed by atoms with Crippen LogP contribution in [0.1, 0.15) is 12.8 Å². The highest BCUT2D eigenvalue weighted by Crippen LogP contribution is 2.38. The van der Waals surface area contributed by atoms with Gasteiger partial charge in [-0.25, -0.2) is 5.10 Å². The minimum Gasteiger partial charge on any atom is -0.380 e. The Balaban J connectivity index is 2.03. The highest BCUT2D eigenvalue weighted by Gasteiger charge is 2.54. The first-order chi connectivity index (χ1) is 7.82. The van der Waals surface area contributed by atoms with Gasteiger partial charge in [0, 0.05) is 25.9 Å². The maximum absolute atomic E-state index is 12.5. The van der Waals surface area contributed by atoms with E-state index in [1.165, 1.54) is 0 Å². The Labute approximate surface area is 94.6 Å². The highest BCUT2D eigenvalue weighted by molar-refractivity contribution is 5.34. The van der Waals surface area contributed by atoms with Crippen molar-refractivity contribution < 1.29 is 18.3 Å². The second kappa shape index (κ2) is 3.76. The molecular formula is C8H12F3N5O. The summed E-state index contributed by atoms with van der Waals surface area (Å²) >= 11 is 0. The van der Waals surface area contributed by atoms with Crippen LogP contribution in [0, 0.1) is 0 Å².